The number of aromatic carboxylic acids is 1. The van der Waals surface area contributed by atoms with Crippen molar-refractivity contribution in [3.8, 4) is 5.75 Å². The Kier molecular flexibility index (Phi) is 4.09. The van der Waals surface area contributed by atoms with Crippen molar-refractivity contribution in [2.75, 3.05) is 6.61 Å². The molecule has 4 nitrogen and oxygen atoms in total. The topological polar surface area (TPSA) is 59.4 Å². The number of aromatic nitrogens is 1. The zero-order valence-electron chi connectivity index (χ0n) is 8.93. The summed E-state index contributed by atoms with van der Waals surface area (Å²) in [5.74, 6) is -0.313. The van der Waals surface area contributed by atoms with E-state index in [1.165, 1.54) is 6.20 Å². The summed E-state index contributed by atoms with van der Waals surface area (Å²) >= 11 is 0. The van der Waals surface area contributed by atoms with Crippen LogP contribution in [0.15, 0.2) is 18.3 Å². The second-order valence-electron chi connectivity index (χ2n) is 3.48. The third-order valence-corrected chi connectivity index (χ3v) is 2.19. The number of hydrogen-bond donors (Lipinski definition) is 1. The van der Waals surface area contributed by atoms with Crippen LogP contribution < -0.4 is 4.74 Å². The highest BCUT2D eigenvalue weighted by Gasteiger charge is 2.12. The van der Waals surface area contributed by atoms with Crippen LogP contribution in [0.4, 0.5) is 0 Å². The molecule has 1 aromatic heterocycles. The second kappa shape index (κ2) is 5.34. The number of ether oxygens (including phenoxy) is 1. The highest BCUT2D eigenvalue weighted by molar-refractivity contribution is 5.88. The number of rotatable bonds is 5. The summed E-state index contributed by atoms with van der Waals surface area (Å²) in [5.41, 5.74) is -0.0270. The third-order valence-electron chi connectivity index (χ3n) is 2.19. The molecule has 1 atom stereocenters. The van der Waals surface area contributed by atoms with Gasteiger partial charge in [0, 0.05) is 6.20 Å². The van der Waals surface area contributed by atoms with E-state index in [0.717, 1.165) is 6.42 Å². The van der Waals surface area contributed by atoms with Crippen LogP contribution in [0.1, 0.15) is 30.8 Å². The molecule has 0 amide bonds. The number of carboxylic acids is 1. The minimum absolute atomic E-state index is 0.0270. The molecule has 0 aliphatic carbocycles. The number of hydrogen-bond acceptors (Lipinski definition) is 3. The zero-order valence-corrected chi connectivity index (χ0v) is 8.93. The molecule has 0 saturated heterocycles. The van der Waals surface area contributed by atoms with Gasteiger partial charge in [0.25, 0.3) is 0 Å². The Bertz CT molecular complexity index is 338. The lowest BCUT2D eigenvalue weighted by molar-refractivity contribution is 0.0684. The van der Waals surface area contributed by atoms with E-state index >= 15 is 0 Å². The maximum Gasteiger partial charge on any atom is 0.358 e. The van der Waals surface area contributed by atoms with Crippen LogP contribution in [0.5, 0.6) is 5.75 Å². The molecule has 1 heterocycles. The average molecular weight is 209 g/mol. The van der Waals surface area contributed by atoms with E-state index < -0.39 is 5.97 Å². The van der Waals surface area contributed by atoms with Crippen molar-refractivity contribution in [3.63, 3.8) is 0 Å². The van der Waals surface area contributed by atoms with Gasteiger partial charge >= 0.3 is 5.97 Å². The molecule has 1 aromatic rings. The molecule has 15 heavy (non-hydrogen) atoms. The van der Waals surface area contributed by atoms with Gasteiger partial charge in [-0.2, -0.15) is 0 Å². The number of carboxylic acid groups (broad SMARTS) is 1. The molecule has 0 saturated carbocycles. The lowest BCUT2D eigenvalue weighted by atomic mass is 10.1. The fourth-order valence-electron chi connectivity index (χ4n) is 1.02. The monoisotopic (exact) mass is 209 g/mol. The molecule has 1 rings (SSSR count). The summed E-state index contributed by atoms with van der Waals surface area (Å²) in [6, 6.07) is 3.29. The quantitative estimate of drug-likeness (QED) is 0.807. The van der Waals surface area contributed by atoms with Gasteiger partial charge in [-0.15, -0.1) is 0 Å². The van der Waals surface area contributed by atoms with Crippen LogP contribution in [-0.2, 0) is 0 Å². The number of nitrogens with zero attached hydrogens (tertiary/aromatic N) is 1. The lowest BCUT2D eigenvalue weighted by Crippen LogP contribution is -2.11. The van der Waals surface area contributed by atoms with Gasteiger partial charge in [-0.1, -0.05) is 20.3 Å². The van der Waals surface area contributed by atoms with Crippen LogP contribution in [0.3, 0.4) is 0 Å². The van der Waals surface area contributed by atoms with Crippen molar-refractivity contribution in [1.82, 2.24) is 4.98 Å². The lowest BCUT2D eigenvalue weighted by Gasteiger charge is -2.11. The molecule has 0 bridgehead atoms. The van der Waals surface area contributed by atoms with Gasteiger partial charge in [0.05, 0.1) is 6.61 Å². The van der Waals surface area contributed by atoms with Gasteiger partial charge in [-0.05, 0) is 18.1 Å². The van der Waals surface area contributed by atoms with Crippen LogP contribution in [0.2, 0.25) is 0 Å². The molecule has 4 heteroatoms. The summed E-state index contributed by atoms with van der Waals surface area (Å²) in [6.45, 7) is 4.63. The fourth-order valence-corrected chi connectivity index (χ4v) is 1.02. The molecule has 0 spiro atoms. The molecule has 0 aromatic carbocycles. The van der Waals surface area contributed by atoms with E-state index in [1.807, 2.05) is 0 Å². The van der Waals surface area contributed by atoms with Gasteiger partial charge in [0.1, 0.15) is 0 Å². The summed E-state index contributed by atoms with van der Waals surface area (Å²) in [6.07, 6.45) is 2.45. The van der Waals surface area contributed by atoms with E-state index in [2.05, 4.69) is 18.8 Å². The first kappa shape index (κ1) is 11.5. The van der Waals surface area contributed by atoms with Crippen LogP contribution in [-0.4, -0.2) is 22.7 Å². The Morgan fingerprint density at radius 3 is 3.00 bits per heavy atom. The predicted octanol–water partition coefficient (Wildman–Crippen LogP) is 2.20. The van der Waals surface area contributed by atoms with Crippen molar-refractivity contribution in [1.29, 1.82) is 0 Å². The largest absolute Gasteiger partial charge is 0.491 e. The average Bonchev–Trinajstić information content (AvgIpc) is 2.26. The normalized spacial score (nSPS) is 12.1. The van der Waals surface area contributed by atoms with Crippen molar-refractivity contribution < 1.29 is 14.6 Å². The van der Waals surface area contributed by atoms with E-state index in [4.69, 9.17) is 9.84 Å². The Morgan fingerprint density at radius 1 is 1.67 bits per heavy atom. The molecule has 0 aliphatic rings. The van der Waals surface area contributed by atoms with Gasteiger partial charge < -0.3 is 9.84 Å². The summed E-state index contributed by atoms with van der Waals surface area (Å²) in [5, 5.41) is 8.85. The van der Waals surface area contributed by atoms with E-state index in [0.29, 0.717) is 18.3 Å². The molecule has 1 unspecified atom stereocenters. The number of pyridine rings is 1. The van der Waals surface area contributed by atoms with Crippen molar-refractivity contribution in [3.05, 3.63) is 24.0 Å². The zero-order chi connectivity index (χ0) is 11.3. The third kappa shape index (κ3) is 3.23. The van der Waals surface area contributed by atoms with Crippen molar-refractivity contribution in [2.24, 2.45) is 5.92 Å². The SMILES string of the molecule is CCC(C)COc1cccnc1C(=O)O. The summed E-state index contributed by atoms with van der Waals surface area (Å²) < 4.78 is 5.41. The second-order valence-corrected chi connectivity index (χ2v) is 3.48. The standard InChI is InChI=1S/C11H15NO3/c1-3-8(2)7-15-9-5-4-6-12-10(9)11(13)14/h4-6,8H,3,7H2,1-2H3,(H,13,14). The number of carbonyl (C=O) groups is 1. The van der Waals surface area contributed by atoms with E-state index in [1.54, 1.807) is 12.1 Å². The molecular formula is C11H15NO3. The fraction of sp³-hybridized carbons (Fsp3) is 0.455. The van der Waals surface area contributed by atoms with Gasteiger partial charge in [-0.25, -0.2) is 9.78 Å². The maximum atomic E-state index is 10.8. The smallest absolute Gasteiger partial charge is 0.358 e. The predicted molar refractivity (Wildman–Crippen MR) is 56.1 cm³/mol. The van der Waals surface area contributed by atoms with Crippen LogP contribution in [0, 0.1) is 5.92 Å². The van der Waals surface area contributed by atoms with E-state index in [9.17, 15) is 4.79 Å². The van der Waals surface area contributed by atoms with Gasteiger partial charge in [0.2, 0.25) is 0 Å². The molecule has 82 valence electrons. The van der Waals surface area contributed by atoms with Crippen molar-refractivity contribution in [2.45, 2.75) is 20.3 Å². The van der Waals surface area contributed by atoms with Crippen molar-refractivity contribution >= 4 is 5.97 Å². The summed E-state index contributed by atoms with van der Waals surface area (Å²) in [4.78, 5) is 14.6. The van der Waals surface area contributed by atoms with Crippen LogP contribution >= 0.6 is 0 Å². The minimum Gasteiger partial charge on any atom is -0.491 e. The Morgan fingerprint density at radius 2 is 2.40 bits per heavy atom. The highest BCUT2D eigenvalue weighted by Crippen LogP contribution is 2.16. The molecule has 1 N–H and O–H groups in total. The molecule has 0 fully saturated rings. The highest BCUT2D eigenvalue weighted by atomic mass is 16.5. The molecule has 0 radical (unpaired) electrons. The van der Waals surface area contributed by atoms with Gasteiger partial charge in [0.15, 0.2) is 11.4 Å². The Labute approximate surface area is 88.9 Å². The Balaban J connectivity index is 2.72. The molecule has 0 aliphatic heterocycles. The first-order valence-electron chi connectivity index (χ1n) is 4.96. The first-order valence-corrected chi connectivity index (χ1v) is 4.96. The first-order chi connectivity index (χ1) is 7.15. The van der Waals surface area contributed by atoms with Gasteiger partial charge in [-0.3, -0.25) is 0 Å². The minimum atomic E-state index is -1.06. The van der Waals surface area contributed by atoms with Crippen LogP contribution in [0.25, 0.3) is 0 Å². The van der Waals surface area contributed by atoms with E-state index in [-0.39, 0.29) is 5.69 Å². The summed E-state index contributed by atoms with van der Waals surface area (Å²) in [7, 11) is 0. The maximum absolute atomic E-state index is 10.8. The molecular weight excluding hydrogens is 194 g/mol. The Hall–Kier alpha value is -1.58.